The number of piperazine rings is 1. The first-order chi connectivity index (χ1) is 8.63. The Bertz CT molecular complexity index is 413. The fraction of sp³-hybridized carbons (Fsp3) is 0.545. The molecule has 7 heteroatoms. The fourth-order valence-electron chi connectivity index (χ4n) is 2.00. The van der Waals surface area contributed by atoms with Crippen molar-refractivity contribution in [3.05, 3.63) is 19.2 Å². The number of hydrogen-bond acceptors (Lipinski definition) is 5. The molecule has 1 saturated heterocycles. The molecule has 0 spiro atoms. The number of rotatable bonds is 3. The van der Waals surface area contributed by atoms with Gasteiger partial charge in [-0.2, -0.15) is 0 Å². The van der Waals surface area contributed by atoms with Crippen LogP contribution in [0.3, 0.4) is 0 Å². The van der Waals surface area contributed by atoms with Crippen molar-refractivity contribution in [3.8, 4) is 0 Å². The highest BCUT2D eigenvalue weighted by molar-refractivity contribution is 9.13. The van der Waals surface area contributed by atoms with Crippen molar-refractivity contribution in [1.82, 2.24) is 10.2 Å². The van der Waals surface area contributed by atoms with Crippen molar-refractivity contribution in [1.29, 1.82) is 0 Å². The second-order valence-corrected chi connectivity index (χ2v) is 7.24. The van der Waals surface area contributed by atoms with Gasteiger partial charge in [0.05, 0.1) is 10.9 Å². The largest absolute Gasteiger partial charge is 0.468 e. The summed E-state index contributed by atoms with van der Waals surface area (Å²) in [6.07, 6.45) is 0. The topological polar surface area (TPSA) is 41.6 Å². The molecule has 18 heavy (non-hydrogen) atoms. The van der Waals surface area contributed by atoms with Gasteiger partial charge in [-0.05, 0) is 37.9 Å². The van der Waals surface area contributed by atoms with Crippen molar-refractivity contribution < 1.29 is 9.53 Å². The summed E-state index contributed by atoms with van der Waals surface area (Å²) in [5, 5.41) is 3.29. The molecule has 2 rings (SSSR count). The van der Waals surface area contributed by atoms with Crippen LogP contribution in [0.5, 0.6) is 0 Å². The van der Waals surface area contributed by atoms with Gasteiger partial charge in [-0.1, -0.05) is 0 Å². The molecule has 4 nitrogen and oxygen atoms in total. The Hall–Kier alpha value is 0.0500. The maximum atomic E-state index is 12.0. The van der Waals surface area contributed by atoms with Crippen LogP contribution in [0.4, 0.5) is 0 Å². The number of halogens is 2. The lowest BCUT2D eigenvalue weighted by Crippen LogP contribution is -2.47. The first-order valence-corrected chi connectivity index (χ1v) is 8.01. The minimum Gasteiger partial charge on any atom is -0.468 e. The highest BCUT2D eigenvalue weighted by Gasteiger charge is 2.31. The lowest BCUT2D eigenvalue weighted by molar-refractivity contribution is -0.147. The Kier molecular flexibility index (Phi) is 5.20. The molecule has 1 aromatic heterocycles. The zero-order valence-electron chi connectivity index (χ0n) is 9.91. The number of hydrogen-bond donors (Lipinski definition) is 1. The fourth-order valence-corrected chi connectivity index (χ4v) is 4.21. The van der Waals surface area contributed by atoms with Crippen LogP contribution >= 0.6 is 43.2 Å². The molecular weight excluding hydrogens is 384 g/mol. The summed E-state index contributed by atoms with van der Waals surface area (Å²) < 4.78 is 6.92. The SMILES string of the molecule is COC(=O)C(c1cc(Br)c(Br)s1)N1CCNCC1. The Morgan fingerprint density at radius 1 is 1.50 bits per heavy atom. The van der Waals surface area contributed by atoms with Gasteiger partial charge in [-0.15, -0.1) is 11.3 Å². The second kappa shape index (κ2) is 6.47. The minimum absolute atomic E-state index is 0.196. The van der Waals surface area contributed by atoms with E-state index in [1.165, 1.54) is 7.11 Å². The van der Waals surface area contributed by atoms with Crippen LogP contribution in [-0.2, 0) is 9.53 Å². The maximum absolute atomic E-state index is 12.0. The highest BCUT2D eigenvalue weighted by atomic mass is 79.9. The van der Waals surface area contributed by atoms with E-state index in [0.29, 0.717) is 0 Å². The Morgan fingerprint density at radius 3 is 2.67 bits per heavy atom. The lowest BCUT2D eigenvalue weighted by Gasteiger charge is -2.32. The molecule has 0 saturated carbocycles. The van der Waals surface area contributed by atoms with Gasteiger partial charge in [-0.3, -0.25) is 4.90 Å². The number of methoxy groups -OCH3 is 1. The smallest absolute Gasteiger partial charge is 0.328 e. The molecule has 1 fully saturated rings. The molecule has 1 aliphatic rings. The summed E-state index contributed by atoms with van der Waals surface area (Å²) in [5.41, 5.74) is 0. The van der Waals surface area contributed by atoms with Crippen molar-refractivity contribution in [2.75, 3.05) is 33.3 Å². The van der Waals surface area contributed by atoms with E-state index in [2.05, 4.69) is 42.1 Å². The summed E-state index contributed by atoms with van der Waals surface area (Å²) in [6, 6.07) is 1.68. The van der Waals surface area contributed by atoms with Crippen LogP contribution in [0.15, 0.2) is 14.3 Å². The molecule has 1 aromatic rings. The van der Waals surface area contributed by atoms with Crippen LogP contribution in [-0.4, -0.2) is 44.2 Å². The van der Waals surface area contributed by atoms with Gasteiger partial charge in [0.2, 0.25) is 0 Å². The third kappa shape index (κ3) is 3.14. The van der Waals surface area contributed by atoms with Crippen molar-refractivity contribution >= 4 is 49.2 Å². The van der Waals surface area contributed by atoms with Gasteiger partial charge in [0.15, 0.2) is 0 Å². The van der Waals surface area contributed by atoms with Crippen molar-refractivity contribution in [2.45, 2.75) is 6.04 Å². The molecule has 1 aliphatic heterocycles. The van der Waals surface area contributed by atoms with Crippen LogP contribution in [0.1, 0.15) is 10.9 Å². The molecule has 1 N–H and O–H groups in total. The van der Waals surface area contributed by atoms with Crippen molar-refractivity contribution in [2.24, 2.45) is 0 Å². The number of carbonyl (C=O) groups is 1. The molecular formula is C11H14Br2N2O2S. The molecule has 2 heterocycles. The summed E-state index contributed by atoms with van der Waals surface area (Å²) in [7, 11) is 1.44. The van der Waals surface area contributed by atoms with E-state index >= 15 is 0 Å². The lowest BCUT2D eigenvalue weighted by atomic mass is 10.2. The van der Waals surface area contributed by atoms with Gasteiger partial charge in [0.25, 0.3) is 0 Å². The van der Waals surface area contributed by atoms with E-state index in [0.717, 1.165) is 39.3 Å². The number of nitrogens with one attached hydrogen (secondary N) is 1. The van der Waals surface area contributed by atoms with Crippen LogP contribution in [0.25, 0.3) is 0 Å². The van der Waals surface area contributed by atoms with Gasteiger partial charge < -0.3 is 10.1 Å². The first kappa shape index (κ1) is 14.5. The Morgan fingerprint density at radius 2 is 2.17 bits per heavy atom. The zero-order chi connectivity index (χ0) is 13.1. The molecule has 100 valence electrons. The zero-order valence-corrected chi connectivity index (χ0v) is 13.9. The Labute approximate surface area is 127 Å². The number of thiophene rings is 1. The van der Waals surface area contributed by atoms with E-state index in [1.807, 2.05) is 6.07 Å². The van der Waals surface area contributed by atoms with Crippen molar-refractivity contribution in [3.63, 3.8) is 0 Å². The van der Waals surface area contributed by atoms with Gasteiger partial charge >= 0.3 is 5.97 Å². The number of ether oxygens (including phenoxy) is 1. The predicted octanol–water partition coefficient (Wildman–Crippen LogP) is 2.39. The monoisotopic (exact) mass is 396 g/mol. The van der Waals surface area contributed by atoms with Crippen LogP contribution < -0.4 is 5.32 Å². The first-order valence-electron chi connectivity index (χ1n) is 5.61. The van der Waals surface area contributed by atoms with E-state index in [4.69, 9.17) is 4.74 Å². The van der Waals surface area contributed by atoms with E-state index in [-0.39, 0.29) is 12.0 Å². The van der Waals surface area contributed by atoms with Crippen LogP contribution in [0, 0.1) is 0 Å². The van der Waals surface area contributed by atoms with Gasteiger partial charge in [0.1, 0.15) is 6.04 Å². The molecule has 0 aliphatic carbocycles. The van der Waals surface area contributed by atoms with E-state index < -0.39 is 0 Å². The van der Waals surface area contributed by atoms with Gasteiger partial charge in [-0.25, -0.2) is 4.79 Å². The standard InChI is InChI=1S/C11H14Br2N2O2S/c1-17-11(16)9(15-4-2-14-3-5-15)8-6-7(12)10(13)18-8/h6,9,14H,2-5H2,1H3. The second-order valence-electron chi connectivity index (χ2n) is 3.98. The number of esters is 1. The minimum atomic E-state index is -0.301. The quantitative estimate of drug-likeness (QED) is 0.795. The molecule has 0 aromatic carbocycles. The summed E-state index contributed by atoms with van der Waals surface area (Å²) >= 11 is 8.49. The molecule has 0 radical (unpaired) electrons. The molecule has 1 atom stereocenters. The van der Waals surface area contributed by atoms with Gasteiger partial charge in [0, 0.05) is 35.5 Å². The molecule has 0 amide bonds. The Balaban J connectivity index is 2.26. The predicted molar refractivity (Wildman–Crippen MR) is 78.9 cm³/mol. The maximum Gasteiger partial charge on any atom is 0.328 e. The van der Waals surface area contributed by atoms with Crippen LogP contribution in [0.2, 0.25) is 0 Å². The normalized spacial score (nSPS) is 18.6. The molecule has 1 unspecified atom stereocenters. The summed E-state index contributed by atoms with van der Waals surface area (Å²) in [5.74, 6) is -0.196. The number of carbonyl (C=O) groups excluding carboxylic acids is 1. The average molecular weight is 398 g/mol. The average Bonchev–Trinajstić information content (AvgIpc) is 2.70. The number of nitrogens with zero attached hydrogens (tertiary/aromatic N) is 1. The molecule has 0 bridgehead atoms. The van der Waals surface area contributed by atoms with E-state index in [9.17, 15) is 4.79 Å². The summed E-state index contributed by atoms with van der Waals surface area (Å²) in [6.45, 7) is 3.52. The third-order valence-electron chi connectivity index (χ3n) is 2.87. The van der Waals surface area contributed by atoms with E-state index in [1.54, 1.807) is 11.3 Å². The third-order valence-corrected chi connectivity index (χ3v) is 6.18. The summed E-state index contributed by atoms with van der Waals surface area (Å²) in [4.78, 5) is 15.2. The highest BCUT2D eigenvalue weighted by Crippen LogP contribution is 2.37.